The second-order valence-corrected chi connectivity index (χ2v) is 4.76. The van der Waals surface area contributed by atoms with Crippen LogP contribution in [0.1, 0.15) is 15.9 Å². The Morgan fingerprint density at radius 1 is 1.30 bits per heavy atom. The van der Waals surface area contributed by atoms with Gasteiger partial charge in [0.05, 0.1) is 12.1 Å². The van der Waals surface area contributed by atoms with Gasteiger partial charge in [0.25, 0.3) is 5.91 Å². The summed E-state index contributed by atoms with van der Waals surface area (Å²) in [5.41, 5.74) is 8.36. The first-order valence-electron chi connectivity index (χ1n) is 6.97. The minimum absolute atomic E-state index is 0. The maximum Gasteiger partial charge on any atom is 0.252 e. The van der Waals surface area contributed by atoms with Crippen LogP contribution in [0, 0.1) is 6.92 Å². The van der Waals surface area contributed by atoms with Crippen molar-refractivity contribution in [3.8, 4) is 0 Å². The maximum absolute atomic E-state index is 11.8. The highest BCUT2D eigenvalue weighted by molar-refractivity contribution is 14.0. The Kier molecular flexibility index (Phi) is 8.03. The number of rotatable bonds is 5. The van der Waals surface area contributed by atoms with Gasteiger partial charge in [0, 0.05) is 24.6 Å². The third-order valence-electron chi connectivity index (χ3n) is 2.89. The SMILES string of the molecule is Cc1cccc(NC(N)=NCCNC(=O)c2cccnc2)c1.I. The Bertz CT molecular complexity index is 661. The Balaban J connectivity index is 0.00000264. The summed E-state index contributed by atoms with van der Waals surface area (Å²) in [4.78, 5) is 19.8. The van der Waals surface area contributed by atoms with Crippen molar-refractivity contribution >= 4 is 41.5 Å². The summed E-state index contributed by atoms with van der Waals surface area (Å²) in [6.45, 7) is 2.81. The second-order valence-electron chi connectivity index (χ2n) is 4.76. The number of hydrogen-bond donors (Lipinski definition) is 3. The van der Waals surface area contributed by atoms with Crippen LogP contribution in [0.25, 0.3) is 0 Å². The molecule has 2 rings (SSSR count). The lowest BCUT2D eigenvalue weighted by molar-refractivity contribution is 0.0954. The predicted molar refractivity (Wildman–Crippen MR) is 103 cm³/mol. The number of aryl methyl sites for hydroxylation is 1. The minimum atomic E-state index is -0.173. The third-order valence-corrected chi connectivity index (χ3v) is 2.89. The predicted octanol–water partition coefficient (Wildman–Crippen LogP) is 2.16. The van der Waals surface area contributed by atoms with Crippen LogP contribution in [-0.4, -0.2) is 29.9 Å². The lowest BCUT2D eigenvalue weighted by Gasteiger charge is -2.07. The summed E-state index contributed by atoms with van der Waals surface area (Å²) in [6.07, 6.45) is 3.14. The summed E-state index contributed by atoms with van der Waals surface area (Å²) >= 11 is 0. The number of nitrogens with two attached hydrogens (primary N) is 1. The zero-order chi connectivity index (χ0) is 15.8. The lowest BCUT2D eigenvalue weighted by atomic mass is 10.2. The molecule has 7 heteroatoms. The van der Waals surface area contributed by atoms with Crippen LogP contribution in [0.3, 0.4) is 0 Å². The van der Waals surface area contributed by atoms with E-state index in [2.05, 4.69) is 20.6 Å². The van der Waals surface area contributed by atoms with Crippen LogP contribution in [0.15, 0.2) is 53.8 Å². The number of aliphatic imine (C=N–C) groups is 1. The monoisotopic (exact) mass is 425 g/mol. The van der Waals surface area contributed by atoms with E-state index >= 15 is 0 Å². The number of carbonyl (C=O) groups is 1. The van der Waals surface area contributed by atoms with Crippen molar-refractivity contribution in [2.45, 2.75) is 6.92 Å². The molecule has 0 aliphatic rings. The number of nitrogens with zero attached hydrogens (tertiary/aromatic N) is 2. The summed E-state index contributed by atoms with van der Waals surface area (Å²) in [5, 5.41) is 5.77. The van der Waals surface area contributed by atoms with Crippen LogP contribution in [0.4, 0.5) is 5.69 Å². The van der Waals surface area contributed by atoms with Crippen LogP contribution in [0.5, 0.6) is 0 Å². The zero-order valence-electron chi connectivity index (χ0n) is 12.8. The quantitative estimate of drug-likeness (QED) is 0.296. The normalized spacial score (nSPS) is 10.6. The third kappa shape index (κ3) is 6.64. The zero-order valence-corrected chi connectivity index (χ0v) is 15.2. The van der Waals surface area contributed by atoms with E-state index in [9.17, 15) is 4.79 Å². The van der Waals surface area contributed by atoms with Gasteiger partial charge in [0.15, 0.2) is 5.96 Å². The average molecular weight is 425 g/mol. The van der Waals surface area contributed by atoms with Gasteiger partial charge in [-0.15, -0.1) is 24.0 Å². The van der Waals surface area contributed by atoms with Gasteiger partial charge in [-0.3, -0.25) is 14.8 Å². The number of carbonyl (C=O) groups excluding carboxylic acids is 1. The van der Waals surface area contributed by atoms with Gasteiger partial charge in [0.1, 0.15) is 0 Å². The van der Waals surface area contributed by atoms with E-state index in [-0.39, 0.29) is 29.9 Å². The second kappa shape index (κ2) is 9.78. The molecule has 1 amide bonds. The first-order valence-corrected chi connectivity index (χ1v) is 6.97. The number of nitrogens with one attached hydrogen (secondary N) is 2. The van der Waals surface area contributed by atoms with Crippen molar-refractivity contribution in [2.24, 2.45) is 10.7 Å². The largest absolute Gasteiger partial charge is 0.370 e. The summed E-state index contributed by atoms with van der Waals surface area (Å²) in [6, 6.07) is 11.3. The van der Waals surface area contributed by atoms with E-state index < -0.39 is 0 Å². The van der Waals surface area contributed by atoms with Gasteiger partial charge in [-0.25, -0.2) is 0 Å². The highest BCUT2D eigenvalue weighted by Crippen LogP contribution is 2.08. The molecule has 6 nitrogen and oxygen atoms in total. The Morgan fingerprint density at radius 2 is 2.13 bits per heavy atom. The lowest BCUT2D eigenvalue weighted by Crippen LogP contribution is -2.28. The summed E-state index contributed by atoms with van der Waals surface area (Å²) in [5.74, 6) is 0.148. The molecule has 0 radical (unpaired) electrons. The van der Waals surface area contributed by atoms with Crippen molar-refractivity contribution < 1.29 is 4.79 Å². The van der Waals surface area contributed by atoms with Crippen molar-refractivity contribution in [3.05, 3.63) is 59.9 Å². The Hall–Kier alpha value is -2.16. The average Bonchev–Trinajstić information content (AvgIpc) is 2.52. The van der Waals surface area contributed by atoms with Crippen LogP contribution in [0.2, 0.25) is 0 Å². The molecular formula is C16H20IN5O. The molecule has 0 unspecified atom stereocenters. The molecule has 0 fully saturated rings. The molecule has 4 N–H and O–H groups in total. The van der Waals surface area contributed by atoms with E-state index in [0.29, 0.717) is 24.6 Å². The van der Waals surface area contributed by atoms with Crippen LogP contribution >= 0.6 is 24.0 Å². The number of halogens is 1. The van der Waals surface area contributed by atoms with Gasteiger partial charge < -0.3 is 16.4 Å². The standard InChI is InChI=1S/C16H19N5O.HI/c1-12-4-2-6-14(10-12)21-16(17)20-9-8-19-15(22)13-5-3-7-18-11-13;/h2-7,10-11H,8-9H2,1H3,(H,19,22)(H3,17,20,21);1H. The first-order chi connectivity index (χ1) is 10.6. The van der Waals surface area contributed by atoms with Crippen molar-refractivity contribution in [1.82, 2.24) is 10.3 Å². The molecule has 0 spiro atoms. The number of guanidine groups is 1. The molecule has 0 saturated heterocycles. The maximum atomic E-state index is 11.8. The van der Waals surface area contributed by atoms with Crippen molar-refractivity contribution in [2.75, 3.05) is 18.4 Å². The molecule has 23 heavy (non-hydrogen) atoms. The number of hydrogen-bond acceptors (Lipinski definition) is 3. The fourth-order valence-electron chi connectivity index (χ4n) is 1.86. The van der Waals surface area contributed by atoms with Gasteiger partial charge >= 0.3 is 0 Å². The molecular weight excluding hydrogens is 405 g/mol. The van der Waals surface area contributed by atoms with E-state index in [1.54, 1.807) is 18.3 Å². The van der Waals surface area contributed by atoms with Gasteiger partial charge in [-0.1, -0.05) is 12.1 Å². The molecule has 0 aliphatic carbocycles. The fourth-order valence-corrected chi connectivity index (χ4v) is 1.86. The molecule has 0 atom stereocenters. The number of benzene rings is 1. The van der Waals surface area contributed by atoms with E-state index in [4.69, 9.17) is 5.73 Å². The molecule has 0 aliphatic heterocycles. The highest BCUT2D eigenvalue weighted by atomic mass is 127. The van der Waals surface area contributed by atoms with E-state index in [1.807, 2.05) is 31.2 Å². The Morgan fingerprint density at radius 3 is 2.83 bits per heavy atom. The molecule has 0 saturated carbocycles. The number of pyridine rings is 1. The fraction of sp³-hybridized carbons (Fsp3) is 0.188. The minimum Gasteiger partial charge on any atom is -0.370 e. The van der Waals surface area contributed by atoms with Crippen LogP contribution in [-0.2, 0) is 0 Å². The number of aromatic nitrogens is 1. The molecule has 1 heterocycles. The molecule has 122 valence electrons. The van der Waals surface area contributed by atoms with Gasteiger partial charge in [-0.2, -0.15) is 0 Å². The van der Waals surface area contributed by atoms with Crippen LogP contribution < -0.4 is 16.4 Å². The highest BCUT2D eigenvalue weighted by Gasteiger charge is 2.03. The Labute approximate surface area is 152 Å². The van der Waals surface area contributed by atoms with Gasteiger partial charge in [0.2, 0.25) is 0 Å². The molecule has 1 aromatic carbocycles. The summed E-state index contributed by atoms with van der Waals surface area (Å²) < 4.78 is 0. The number of anilines is 1. The smallest absolute Gasteiger partial charge is 0.252 e. The molecule has 1 aromatic heterocycles. The molecule has 2 aromatic rings. The van der Waals surface area contributed by atoms with Crippen molar-refractivity contribution in [3.63, 3.8) is 0 Å². The first kappa shape index (κ1) is 18.9. The van der Waals surface area contributed by atoms with E-state index in [1.165, 1.54) is 6.20 Å². The van der Waals surface area contributed by atoms with Crippen molar-refractivity contribution in [1.29, 1.82) is 0 Å². The summed E-state index contributed by atoms with van der Waals surface area (Å²) in [7, 11) is 0. The number of amides is 1. The molecule has 0 bridgehead atoms. The van der Waals surface area contributed by atoms with Gasteiger partial charge in [-0.05, 0) is 36.8 Å². The topological polar surface area (TPSA) is 92.4 Å². The van der Waals surface area contributed by atoms with E-state index in [0.717, 1.165) is 11.3 Å².